The number of carbonyl (C=O) groups is 1. The third-order valence-corrected chi connectivity index (χ3v) is 3.12. The summed E-state index contributed by atoms with van der Waals surface area (Å²) < 4.78 is 28.9. The number of hydrogen-bond donors (Lipinski definition) is 0. The van der Waals surface area contributed by atoms with Gasteiger partial charge in [0.1, 0.15) is 11.5 Å². The Bertz CT molecular complexity index is 531. The molecule has 0 aromatic heterocycles. The Kier molecular flexibility index (Phi) is 3.22. The predicted octanol–water partition coefficient (Wildman–Crippen LogP) is 3.07. The van der Waals surface area contributed by atoms with Gasteiger partial charge in [0.2, 0.25) is 0 Å². The molecule has 1 saturated carbocycles. The van der Waals surface area contributed by atoms with Gasteiger partial charge in [-0.15, -0.1) is 0 Å². The number of nitrogens with zero attached hydrogens (tertiary/aromatic N) is 1. The lowest BCUT2D eigenvalue weighted by Gasteiger charge is -2.35. The van der Waals surface area contributed by atoms with E-state index in [4.69, 9.17) is 16.9 Å². The molecule has 0 radical (unpaired) electrons. The number of alkyl halides is 2. The van der Waals surface area contributed by atoms with Gasteiger partial charge < -0.3 is 4.74 Å². The molecular weight excluding hydrogens is 264 g/mol. The van der Waals surface area contributed by atoms with Crippen LogP contribution < -0.4 is 4.74 Å². The normalized spacial score (nSPS) is 17.2. The van der Waals surface area contributed by atoms with E-state index in [1.165, 1.54) is 18.2 Å². The first-order chi connectivity index (χ1) is 8.47. The van der Waals surface area contributed by atoms with Crippen molar-refractivity contribution < 1.29 is 18.3 Å². The van der Waals surface area contributed by atoms with Crippen molar-refractivity contribution in [2.24, 2.45) is 0 Å². The van der Waals surface area contributed by atoms with Crippen molar-refractivity contribution in [3.05, 3.63) is 28.8 Å². The quantitative estimate of drug-likeness (QED) is 0.849. The van der Waals surface area contributed by atoms with E-state index in [1.807, 2.05) is 6.07 Å². The molecule has 18 heavy (non-hydrogen) atoms. The Hall–Kier alpha value is -1.67. The summed E-state index contributed by atoms with van der Waals surface area (Å²) in [6.07, 6.45) is 0.00683. The van der Waals surface area contributed by atoms with Crippen LogP contribution in [0.25, 0.3) is 0 Å². The third kappa shape index (κ3) is 2.16. The van der Waals surface area contributed by atoms with E-state index in [0.29, 0.717) is 5.02 Å². The number of ketones is 1. The van der Waals surface area contributed by atoms with Crippen molar-refractivity contribution in [2.45, 2.75) is 24.9 Å². The molecule has 1 aromatic rings. The summed E-state index contributed by atoms with van der Waals surface area (Å²) in [5.74, 6) is -0.192. The maximum Gasteiger partial charge on any atom is 0.387 e. The third-order valence-electron chi connectivity index (χ3n) is 2.89. The monoisotopic (exact) mass is 271 g/mol. The maximum atomic E-state index is 12.3. The predicted molar refractivity (Wildman–Crippen MR) is 59.6 cm³/mol. The highest BCUT2D eigenvalue weighted by atomic mass is 35.5. The molecule has 1 aromatic carbocycles. The van der Waals surface area contributed by atoms with E-state index < -0.39 is 12.0 Å². The Morgan fingerprint density at radius 3 is 2.61 bits per heavy atom. The second-order valence-electron chi connectivity index (χ2n) is 4.11. The molecule has 0 saturated heterocycles. The van der Waals surface area contributed by atoms with Gasteiger partial charge in [0.15, 0.2) is 0 Å². The van der Waals surface area contributed by atoms with Crippen LogP contribution in [0.3, 0.4) is 0 Å². The minimum atomic E-state index is -2.99. The lowest BCUT2D eigenvalue weighted by molar-refractivity contribution is -0.126. The Morgan fingerprint density at radius 2 is 2.11 bits per heavy atom. The standard InChI is InChI=1S/C12H8ClF2NO2/c13-7-1-2-10(18-11(14)15)9(3-7)12(6-16)4-8(17)5-12/h1-3,11H,4-5H2. The van der Waals surface area contributed by atoms with Crippen molar-refractivity contribution in [1.82, 2.24) is 0 Å². The molecule has 0 unspecified atom stereocenters. The van der Waals surface area contributed by atoms with Gasteiger partial charge in [-0.25, -0.2) is 0 Å². The van der Waals surface area contributed by atoms with E-state index in [0.717, 1.165) is 0 Å². The van der Waals surface area contributed by atoms with Crippen LogP contribution in [0.15, 0.2) is 18.2 Å². The molecule has 0 spiro atoms. The second kappa shape index (κ2) is 4.54. The van der Waals surface area contributed by atoms with Gasteiger partial charge in [-0.3, -0.25) is 4.79 Å². The van der Waals surface area contributed by atoms with E-state index in [9.17, 15) is 13.6 Å². The zero-order valence-electron chi connectivity index (χ0n) is 9.12. The fourth-order valence-corrected chi connectivity index (χ4v) is 2.20. The number of nitriles is 1. The molecule has 1 aliphatic rings. The first-order valence-electron chi connectivity index (χ1n) is 5.15. The molecular formula is C12H8ClF2NO2. The minimum absolute atomic E-state index is 0.00341. The van der Waals surface area contributed by atoms with Crippen molar-refractivity contribution >= 4 is 17.4 Å². The summed E-state index contributed by atoms with van der Waals surface area (Å²) in [4.78, 5) is 11.1. The molecule has 6 heteroatoms. The number of carbonyl (C=O) groups excluding carboxylic acids is 1. The van der Waals surface area contributed by atoms with E-state index in [-0.39, 0.29) is 29.9 Å². The minimum Gasteiger partial charge on any atom is -0.434 e. The highest BCUT2D eigenvalue weighted by Crippen LogP contribution is 2.45. The van der Waals surface area contributed by atoms with Gasteiger partial charge in [0, 0.05) is 23.4 Å². The highest BCUT2D eigenvalue weighted by Gasteiger charge is 2.47. The first-order valence-corrected chi connectivity index (χ1v) is 5.52. The van der Waals surface area contributed by atoms with Crippen LogP contribution in [0.4, 0.5) is 8.78 Å². The van der Waals surface area contributed by atoms with Crippen LogP contribution in [0, 0.1) is 11.3 Å². The molecule has 0 heterocycles. The number of benzene rings is 1. The summed E-state index contributed by atoms with van der Waals surface area (Å²) in [7, 11) is 0. The summed E-state index contributed by atoms with van der Waals surface area (Å²) in [6, 6.07) is 6.08. The largest absolute Gasteiger partial charge is 0.434 e. The second-order valence-corrected chi connectivity index (χ2v) is 4.54. The van der Waals surface area contributed by atoms with E-state index in [1.54, 1.807) is 0 Å². The molecule has 3 nitrogen and oxygen atoms in total. The first kappa shape index (κ1) is 12.8. The molecule has 0 aliphatic heterocycles. The average Bonchev–Trinajstić information content (AvgIpc) is 2.26. The van der Waals surface area contributed by atoms with E-state index in [2.05, 4.69) is 4.74 Å². The molecule has 0 bridgehead atoms. The van der Waals surface area contributed by atoms with Crippen LogP contribution in [-0.4, -0.2) is 12.4 Å². The Morgan fingerprint density at radius 1 is 1.44 bits per heavy atom. The summed E-state index contributed by atoms with van der Waals surface area (Å²) in [6.45, 7) is -2.99. The zero-order valence-corrected chi connectivity index (χ0v) is 9.88. The fourth-order valence-electron chi connectivity index (χ4n) is 2.03. The number of hydrogen-bond acceptors (Lipinski definition) is 3. The molecule has 0 atom stereocenters. The number of ether oxygens (including phenoxy) is 1. The Labute approximate surface area is 107 Å². The van der Waals surface area contributed by atoms with Gasteiger partial charge in [0.05, 0.1) is 11.5 Å². The number of Topliss-reactive ketones (excluding diaryl/α,β-unsaturated/α-hetero) is 1. The fraction of sp³-hybridized carbons (Fsp3) is 0.333. The molecule has 2 rings (SSSR count). The van der Waals surface area contributed by atoms with Crippen LogP contribution in [0.2, 0.25) is 5.02 Å². The molecule has 1 fully saturated rings. The van der Waals surface area contributed by atoms with Gasteiger partial charge in [0.25, 0.3) is 0 Å². The van der Waals surface area contributed by atoms with Crippen LogP contribution in [-0.2, 0) is 10.2 Å². The lowest BCUT2D eigenvalue weighted by atomic mass is 9.64. The van der Waals surface area contributed by atoms with Crippen LogP contribution >= 0.6 is 11.6 Å². The Balaban J connectivity index is 2.45. The SMILES string of the molecule is N#CC1(c2cc(Cl)ccc2OC(F)F)CC(=O)C1. The number of halogens is 3. The smallest absolute Gasteiger partial charge is 0.387 e. The molecule has 1 aliphatic carbocycles. The van der Waals surface area contributed by atoms with Crippen molar-refractivity contribution in [1.29, 1.82) is 5.26 Å². The zero-order chi connectivity index (χ0) is 13.3. The van der Waals surface area contributed by atoms with Gasteiger partial charge in [-0.1, -0.05) is 11.6 Å². The summed E-state index contributed by atoms with van der Waals surface area (Å²) >= 11 is 5.80. The highest BCUT2D eigenvalue weighted by molar-refractivity contribution is 6.30. The number of rotatable bonds is 3. The van der Waals surface area contributed by atoms with Gasteiger partial charge in [-0.2, -0.15) is 14.0 Å². The van der Waals surface area contributed by atoms with Crippen LogP contribution in [0.1, 0.15) is 18.4 Å². The average molecular weight is 272 g/mol. The summed E-state index contributed by atoms with van der Waals surface area (Å²) in [5.41, 5.74) is -0.843. The molecule has 0 N–H and O–H groups in total. The van der Waals surface area contributed by atoms with Gasteiger partial charge >= 0.3 is 6.61 Å². The topological polar surface area (TPSA) is 50.1 Å². The van der Waals surface area contributed by atoms with Gasteiger partial charge in [-0.05, 0) is 18.2 Å². The summed E-state index contributed by atoms with van der Waals surface area (Å²) in [5, 5.41) is 9.47. The van der Waals surface area contributed by atoms with Crippen molar-refractivity contribution in [2.75, 3.05) is 0 Å². The van der Waals surface area contributed by atoms with E-state index >= 15 is 0 Å². The van der Waals surface area contributed by atoms with Crippen molar-refractivity contribution in [3.8, 4) is 11.8 Å². The molecule has 94 valence electrons. The van der Waals surface area contributed by atoms with Crippen LogP contribution in [0.5, 0.6) is 5.75 Å². The maximum absolute atomic E-state index is 12.3. The lowest BCUT2D eigenvalue weighted by Crippen LogP contribution is -2.40. The molecule has 0 amide bonds. The van der Waals surface area contributed by atoms with Crippen molar-refractivity contribution in [3.63, 3.8) is 0 Å².